The first-order chi connectivity index (χ1) is 8.77. The van der Waals surface area contributed by atoms with E-state index >= 15 is 0 Å². The average Bonchev–Trinajstić information content (AvgIpc) is 2.39. The molecule has 0 radical (unpaired) electrons. The third-order valence-electron chi connectivity index (χ3n) is 1.28. The molecule has 0 fully saturated rings. The second-order valence-corrected chi connectivity index (χ2v) is 3.50. The van der Waals surface area contributed by atoms with Crippen LogP contribution in [0, 0.1) is 0 Å². The Bertz CT molecular complexity index is 308. The Balaban J connectivity index is -0.000000239. The van der Waals surface area contributed by atoms with Gasteiger partial charge < -0.3 is 15.9 Å². The fourth-order valence-corrected chi connectivity index (χ4v) is 0.676. The summed E-state index contributed by atoms with van der Waals surface area (Å²) in [5, 5.41) is 2.21. The van der Waals surface area contributed by atoms with Crippen molar-refractivity contribution in [3.8, 4) is 0 Å². The summed E-state index contributed by atoms with van der Waals surface area (Å²) in [6.07, 6.45) is 0. The number of hydrazone groups is 1. The van der Waals surface area contributed by atoms with Gasteiger partial charge in [-0.05, 0) is 20.9 Å². The molecule has 0 saturated heterocycles. The van der Waals surface area contributed by atoms with Gasteiger partial charge in [0.1, 0.15) is 5.38 Å². The van der Waals surface area contributed by atoms with Gasteiger partial charge in [-0.2, -0.15) is 5.10 Å². The van der Waals surface area contributed by atoms with E-state index in [-0.39, 0.29) is 16.7 Å². The summed E-state index contributed by atoms with van der Waals surface area (Å²) < 4.78 is 4.22. The van der Waals surface area contributed by atoms with E-state index < -0.39 is 11.3 Å². The van der Waals surface area contributed by atoms with E-state index in [1.807, 2.05) is 0 Å². The van der Waals surface area contributed by atoms with Crippen molar-refractivity contribution in [2.45, 2.75) is 19.2 Å². The lowest BCUT2D eigenvalue weighted by atomic mass is 10.2. The third-order valence-corrected chi connectivity index (χ3v) is 2.13. The molecule has 3 N–H and O–H groups in total. The van der Waals surface area contributed by atoms with E-state index in [1.54, 1.807) is 0 Å². The number of esters is 1. The number of alkyl halides is 1. The number of hydrogen-bond donors (Lipinski definition) is 2. The average molecular weight is 316 g/mol. The molecule has 0 aromatic rings. The number of nitrogens with one attached hydrogen (secondary N) is 1. The van der Waals surface area contributed by atoms with E-state index in [1.165, 1.54) is 35.1 Å². The number of halogens is 2. The highest BCUT2D eigenvalue weighted by Crippen LogP contribution is 1.96. The zero-order chi connectivity index (χ0) is 16.0. The van der Waals surface area contributed by atoms with Gasteiger partial charge in [0.2, 0.25) is 5.17 Å². The van der Waals surface area contributed by atoms with Gasteiger partial charge in [0.25, 0.3) is 0 Å². The van der Waals surface area contributed by atoms with Gasteiger partial charge in [0, 0.05) is 7.05 Å². The van der Waals surface area contributed by atoms with Crippen molar-refractivity contribution in [2.24, 2.45) is 10.8 Å². The maximum Gasteiger partial charge on any atom is 0.370 e. The minimum absolute atomic E-state index is 0.208. The number of nitrogens with zero attached hydrogens (tertiary/aromatic N) is 1. The molecule has 0 aromatic carbocycles. The van der Waals surface area contributed by atoms with Crippen LogP contribution < -0.4 is 11.2 Å². The summed E-state index contributed by atoms with van der Waals surface area (Å²) in [4.78, 5) is 30.8. The van der Waals surface area contributed by atoms with Crippen molar-refractivity contribution in [1.82, 2.24) is 5.43 Å². The molecule has 0 aliphatic carbocycles. The maximum atomic E-state index is 10.4. The molecule has 9 heteroatoms. The van der Waals surface area contributed by atoms with Gasteiger partial charge in [-0.1, -0.05) is 11.6 Å². The second-order valence-electron chi connectivity index (χ2n) is 2.70. The molecule has 0 bridgehead atoms. The van der Waals surface area contributed by atoms with Crippen molar-refractivity contribution < 1.29 is 19.1 Å². The number of hydrogen-bond acceptors (Lipinski definition) is 7. The lowest BCUT2D eigenvalue weighted by Crippen LogP contribution is -2.18. The summed E-state index contributed by atoms with van der Waals surface area (Å²) in [5.74, 6) is -1.23. The topological polar surface area (TPSA) is 111 Å². The van der Waals surface area contributed by atoms with Crippen molar-refractivity contribution in [2.75, 3.05) is 21.2 Å². The Morgan fingerprint density at radius 2 is 1.58 bits per heavy atom. The monoisotopic (exact) mass is 315 g/mol. The fourth-order valence-electron chi connectivity index (χ4n) is 0.514. The Hall–Kier alpha value is -1.18. The summed E-state index contributed by atoms with van der Waals surface area (Å²) in [5.41, 5.74) is 6.84. The molecule has 0 aromatic heterocycles. The zero-order valence-corrected chi connectivity index (χ0v) is 13.0. The van der Waals surface area contributed by atoms with Gasteiger partial charge >= 0.3 is 5.97 Å². The highest BCUT2D eigenvalue weighted by molar-refractivity contribution is 6.81. The number of nitrogens with two attached hydrogens (primary N) is 1. The number of ketones is 2. The molecule has 0 unspecified atom stereocenters. The Morgan fingerprint density at radius 3 is 1.74 bits per heavy atom. The highest BCUT2D eigenvalue weighted by Gasteiger charge is 2.14. The largest absolute Gasteiger partial charge is 0.464 e. The van der Waals surface area contributed by atoms with Crippen LogP contribution in [0.3, 0.4) is 0 Å². The molecule has 112 valence electrons. The SMILES string of the molecule is CC(=O)C(Cl)C(C)=O.CN.CN/N=C(\Cl)C(=O)OC. The minimum atomic E-state index is -0.935. The van der Waals surface area contributed by atoms with Crippen LogP contribution in [0.4, 0.5) is 0 Å². The molecule has 0 rings (SSSR count). The van der Waals surface area contributed by atoms with Gasteiger partial charge in [-0.3, -0.25) is 9.59 Å². The first kappa shape index (κ1) is 23.0. The van der Waals surface area contributed by atoms with Crippen LogP contribution in [0.2, 0.25) is 0 Å². The van der Waals surface area contributed by atoms with Crippen molar-refractivity contribution >= 4 is 45.9 Å². The van der Waals surface area contributed by atoms with Crippen LogP contribution in [-0.4, -0.2) is 49.3 Å². The maximum absolute atomic E-state index is 10.4. The fraction of sp³-hybridized carbons (Fsp3) is 0.600. The Labute approximate surface area is 122 Å². The van der Waals surface area contributed by atoms with Crippen LogP contribution in [0.15, 0.2) is 5.10 Å². The Kier molecular flexibility index (Phi) is 18.0. The summed E-state index contributed by atoms with van der Waals surface area (Å²) in [6, 6.07) is 0. The first-order valence-electron chi connectivity index (χ1n) is 4.98. The van der Waals surface area contributed by atoms with E-state index in [0.717, 1.165) is 0 Å². The Morgan fingerprint density at radius 1 is 1.21 bits per heavy atom. The van der Waals surface area contributed by atoms with Gasteiger partial charge in [0.05, 0.1) is 7.11 Å². The molecule has 7 nitrogen and oxygen atoms in total. The van der Waals surface area contributed by atoms with Gasteiger partial charge in [0.15, 0.2) is 11.6 Å². The van der Waals surface area contributed by atoms with E-state index in [9.17, 15) is 14.4 Å². The first-order valence-corrected chi connectivity index (χ1v) is 5.80. The molecule has 0 amide bonds. The molecular weight excluding hydrogens is 297 g/mol. The molecule has 0 heterocycles. The predicted molar refractivity (Wildman–Crippen MR) is 75.5 cm³/mol. The molecule has 19 heavy (non-hydrogen) atoms. The molecule has 0 aliphatic heterocycles. The number of ether oxygens (including phenoxy) is 1. The molecule has 0 saturated carbocycles. The van der Waals surface area contributed by atoms with Crippen LogP contribution in [0.25, 0.3) is 0 Å². The van der Waals surface area contributed by atoms with Crippen LogP contribution in [0.1, 0.15) is 13.8 Å². The van der Waals surface area contributed by atoms with Gasteiger partial charge in [-0.25, -0.2) is 4.79 Å². The van der Waals surface area contributed by atoms with Gasteiger partial charge in [-0.15, -0.1) is 11.6 Å². The normalized spacial score (nSPS) is 9.42. The second kappa shape index (κ2) is 14.9. The van der Waals surface area contributed by atoms with E-state index in [0.29, 0.717) is 0 Å². The number of methoxy groups -OCH3 is 1. The van der Waals surface area contributed by atoms with Crippen LogP contribution in [-0.2, 0) is 19.1 Å². The van der Waals surface area contributed by atoms with Crippen LogP contribution in [0.5, 0.6) is 0 Å². The summed E-state index contributed by atoms with van der Waals surface area (Å²) in [6.45, 7) is 2.58. The number of carbonyl (C=O) groups excluding carboxylic acids is 3. The van der Waals surface area contributed by atoms with Crippen LogP contribution >= 0.6 is 23.2 Å². The zero-order valence-electron chi connectivity index (χ0n) is 11.5. The molecule has 0 spiro atoms. The lowest BCUT2D eigenvalue weighted by molar-refractivity contribution is -0.132. The number of rotatable bonds is 4. The minimum Gasteiger partial charge on any atom is -0.464 e. The van der Waals surface area contributed by atoms with Crippen molar-refractivity contribution in [3.63, 3.8) is 0 Å². The summed E-state index contributed by atoms with van der Waals surface area (Å²) >= 11 is 10.5. The predicted octanol–water partition coefficient (Wildman–Crippen LogP) is 0.278. The standard InChI is InChI=1S/C5H7ClO2.C4H7ClN2O2.CH5N/c1-3(7)5(6)4(2)8;1-6-7-3(5)4(8)9-2;1-2/h5H,1-2H3;6H,1-2H3;2H2,1H3/b;7-3-;. The lowest BCUT2D eigenvalue weighted by Gasteiger charge is -1.95. The van der Waals surface area contributed by atoms with Crippen molar-refractivity contribution in [3.05, 3.63) is 0 Å². The smallest absolute Gasteiger partial charge is 0.370 e. The molecular formula is C10H19Cl2N3O4. The quantitative estimate of drug-likeness (QED) is 0.253. The van der Waals surface area contributed by atoms with E-state index in [4.69, 9.17) is 23.2 Å². The summed E-state index contributed by atoms with van der Waals surface area (Å²) in [7, 11) is 4.27. The molecule has 0 atom stereocenters. The molecule has 0 aliphatic rings. The van der Waals surface area contributed by atoms with Crippen molar-refractivity contribution in [1.29, 1.82) is 0 Å². The third kappa shape index (κ3) is 14.8. The highest BCUT2D eigenvalue weighted by atomic mass is 35.5. The number of Topliss-reactive ketones (excluding diaryl/α,β-unsaturated/α-hetero) is 2. The number of carbonyl (C=O) groups is 3. The van der Waals surface area contributed by atoms with E-state index in [2.05, 4.69) is 21.0 Å².